The van der Waals surface area contributed by atoms with Crippen molar-refractivity contribution in [3.05, 3.63) is 69.5 Å². The minimum atomic E-state index is -0.191. The maximum Gasteiger partial charge on any atom is 0.253 e. The van der Waals surface area contributed by atoms with Gasteiger partial charge in [0.25, 0.3) is 5.56 Å². The van der Waals surface area contributed by atoms with Crippen LogP contribution < -0.4 is 10.9 Å². The number of amides is 1. The van der Waals surface area contributed by atoms with Crippen molar-refractivity contribution in [2.75, 3.05) is 5.32 Å². The maximum absolute atomic E-state index is 12.5. The van der Waals surface area contributed by atoms with E-state index < -0.39 is 0 Å². The molecule has 0 spiro atoms. The lowest BCUT2D eigenvalue weighted by molar-refractivity contribution is -0.116. The Bertz CT molecular complexity index is 1270. The van der Waals surface area contributed by atoms with E-state index >= 15 is 0 Å². The summed E-state index contributed by atoms with van der Waals surface area (Å²) < 4.78 is 3.40. The SMILES string of the molecule is Cc1nn(C)c2[nH]c(=O)c(CCC(=O)Nc3ccn(Cc4cccnc4)n3)c(C)c12. The average molecular weight is 405 g/mol. The number of carbonyl (C=O) groups is 1. The smallest absolute Gasteiger partial charge is 0.253 e. The molecule has 0 bridgehead atoms. The van der Waals surface area contributed by atoms with Gasteiger partial charge in [-0.25, -0.2) is 0 Å². The Hall–Kier alpha value is -3.75. The van der Waals surface area contributed by atoms with Gasteiger partial charge in [-0.15, -0.1) is 0 Å². The number of nitrogens with zero attached hydrogens (tertiary/aromatic N) is 5. The van der Waals surface area contributed by atoms with E-state index in [2.05, 4.69) is 25.5 Å². The van der Waals surface area contributed by atoms with Crippen molar-refractivity contribution in [2.45, 2.75) is 33.2 Å². The highest BCUT2D eigenvalue weighted by Crippen LogP contribution is 2.21. The number of H-pyrrole nitrogens is 1. The molecule has 4 aromatic heterocycles. The Kier molecular flexibility index (Phi) is 5.18. The zero-order valence-corrected chi connectivity index (χ0v) is 17.1. The predicted octanol–water partition coefficient (Wildman–Crippen LogP) is 2.09. The maximum atomic E-state index is 12.5. The molecule has 0 aromatic carbocycles. The van der Waals surface area contributed by atoms with Crippen LogP contribution in [0.15, 0.2) is 41.6 Å². The van der Waals surface area contributed by atoms with E-state index in [9.17, 15) is 9.59 Å². The number of aromatic amines is 1. The van der Waals surface area contributed by atoms with Crippen molar-refractivity contribution in [1.82, 2.24) is 29.5 Å². The van der Waals surface area contributed by atoms with Gasteiger partial charge in [-0.2, -0.15) is 10.2 Å². The number of hydrogen-bond acceptors (Lipinski definition) is 5. The molecule has 1 amide bonds. The number of fused-ring (bicyclic) bond motifs is 1. The number of rotatable bonds is 6. The molecule has 30 heavy (non-hydrogen) atoms. The van der Waals surface area contributed by atoms with E-state index in [1.807, 2.05) is 26.0 Å². The largest absolute Gasteiger partial charge is 0.309 e. The molecule has 4 heterocycles. The number of hydrogen-bond donors (Lipinski definition) is 2. The Morgan fingerprint density at radius 2 is 2.07 bits per heavy atom. The van der Waals surface area contributed by atoms with Gasteiger partial charge >= 0.3 is 0 Å². The Morgan fingerprint density at radius 1 is 1.23 bits per heavy atom. The van der Waals surface area contributed by atoms with Crippen LogP contribution in [0.2, 0.25) is 0 Å². The lowest BCUT2D eigenvalue weighted by Gasteiger charge is -2.07. The van der Waals surface area contributed by atoms with E-state index in [1.165, 1.54) is 0 Å². The lowest BCUT2D eigenvalue weighted by atomic mass is 10.0. The van der Waals surface area contributed by atoms with E-state index in [0.29, 0.717) is 30.0 Å². The van der Waals surface area contributed by atoms with Crippen molar-refractivity contribution >= 4 is 22.8 Å². The van der Waals surface area contributed by atoms with E-state index in [1.54, 1.807) is 41.1 Å². The van der Waals surface area contributed by atoms with Crippen LogP contribution in [0, 0.1) is 13.8 Å². The van der Waals surface area contributed by atoms with Crippen LogP contribution >= 0.6 is 0 Å². The number of pyridine rings is 2. The van der Waals surface area contributed by atoms with Crippen molar-refractivity contribution in [2.24, 2.45) is 7.05 Å². The van der Waals surface area contributed by atoms with Crippen LogP contribution in [-0.2, 0) is 24.8 Å². The Labute approximate surface area is 172 Å². The summed E-state index contributed by atoms with van der Waals surface area (Å²) in [4.78, 5) is 31.9. The van der Waals surface area contributed by atoms with Crippen molar-refractivity contribution in [3.8, 4) is 0 Å². The summed E-state index contributed by atoms with van der Waals surface area (Å²) in [6.07, 6.45) is 5.83. The first-order valence-electron chi connectivity index (χ1n) is 9.69. The number of nitrogens with one attached hydrogen (secondary N) is 2. The molecule has 4 aromatic rings. The fourth-order valence-corrected chi connectivity index (χ4v) is 3.69. The van der Waals surface area contributed by atoms with Gasteiger partial charge in [-0.3, -0.25) is 23.9 Å². The standard InChI is InChI=1S/C21H23N7O2/c1-13-16(21(30)24-20-19(13)14(2)25-27(20)3)6-7-18(29)23-17-8-10-28(26-17)12-15-5-4-9-22-11-15/h4-5,8-11H,6-7,12H2,1-3H3,(H,24,30)(H,23,26,29). The van der Waals surface area contributed by atoms with Crippen LogP contribution in [-0.4, -0.2) is 35.4 Å². The molecule has 0 unspecified atom stereocenters. The molecule has 9 heteroatoms. The molecule has 0 saturated carbocycles. The molecular weight excluding hydrogens is 382 g/mol. The number of aryl methyl sites for hydroxylation is 3. The summed E-state index contributed by atoms with van der Waals surface area (Å²) in [6.45, 7) is 4.38. The van der Waals surface area contributed by atoms with Gasteiger partial charge < -0.3 is 10.3 Å². The minimum Gasteiger partial charge on any atom is -0.309 e. The van der Waals surface area contributed by atoms with Gasteiger partial charge in [0.05, 0.1) is 12.2 Å². The lowest BCUT2D eigenvalue weighted by Crippen LogP contribution is -2.19. The third kappa shape index (κ3) is 3.86. The molecule has 2 N–H and O–H groups in total. The van der Waals surface area contributed by atoms with Crippen LogP contribution in [0.25, 0.3) is 11.0 Å². The first-order chi connectivity index (χ1) is 14.4. The molecule has 9 nitrogen and oxygen atoms in total. The molecule has 0 aliphatic rings. The third-order valence-electron chi connectivity index (χ3n) is 5.13. The number of carbonyl (C=O) groups excluding carboxylic acids is 1. The summed E-state index contributed by atoms with van der Waals surface area (Å²) in [5.41, 5.74) is 3.86. The van der Waals surface area contributed by atoms with E-state index in [0.717, 1.165) is 22.2 Å². The fraction of sp³-hybridized carbons (Fsp3) is 0.286. The molecule has 0 saturated heterocycles. The normalized spacial score (nSPS) is 11.2. The molecule has 0 aliphatic heterocycles. The molecule has 0 aliphatic carbocycles. The second-order valence-electron chi connectivity index (χ2n) is 7.30. The average Bonchev–Trinajstić information content (AvgIpc) is 3.25. The van der Waals surface area contributed by atoms with Crippen LogP contribution in [0.3, 0.4) is 0 Å². The van der Waals surface area contributed by atoms with Crippen LogP contribution in [0.4, 0.5) is 5.82 Å². The summed E-state index contributed by atoms with van der Waals surface area (Å²) in [6, 6.07) is 5.58. The van der Waals surface area contributed by atoms with Crippen molar-refractivity contribution in [1.29, 1.82) is 0 Å². The molecule has 4 rings (SSSR count). The van der Waals surface area contributed by atoms with Gasteiger partial charge in [-0.1, -0.05) is 6.07 Å². The van der Waals surface area contributed by atoms with Crippen molar-refractivity contribution in [3.63, 3.8) is 0 Å². The predicted molar refractivity (Wildman–Crippen MR) is 113 cm³/mol. The molecular formula is C21H23N7O2. The molecule has 0 atom stereocenters. The van der Waals surface area contributed by atoms with Crippen LogP contribution in [0.1, 0.15) is 28.8 Å². The molecule has 154 valence electrons. The summed E-state index contributed by atoms with van der Waals surface area (Å²) in [7, 11) is 1.80. The highest BCUT2D eigenvalue weighted by atomic mass is 16.1. The van der Waals surface area contributed by atoms with Gasteiger partial charge in [0.2, 0.25) is 5.91 Å². The Morgan fingerprint density at radius 3 is 2.83 bits per heavy atom. The highest BCUT2D eigenvalue weighted by molar-refractivity contribution is 5.90. The van der Waals surface area contributed by atoms with Crippen LogP contribution in [0.5, 0.6) is 0 Å². The zero-order chi connectivity index (χ0) is 21.3. The van der Waals surface area contributed by atoms with Gasteiger partial charge in [-0.05, 0) is 37.5 Å². The monoisotopic (exact) mass is 405 g/mol. The van der Waals surface area contributed by atoms with E-state index in [-0.39, 0.29) is 17.9 Å². The minimum absolute atomic E-state index is 0.184. The number of aromatic nitrogens is 6. The van der Waals surface area contributed by atoms with Gasteiger partial charge in [0, 0.05) is 49.1 Å². The van der Waals surface area contributed by atoms with E-state index in [4.69, 9.17) is 0 Å². The quantitative estimate of drug-likeness (QED) is 0.510. The number of anilines is 1. The fourth-order valence-electron chi connectivity index (χ4n) is 3.69. The summed E-state index contributed by atoms with van der Waals surface area (Å²) in [5, 5.41) is 12.5. The summed E-state index contributed by atoms with van der Waals surface area (Å²) >= 11 is 0. The van der Waals surface area contributed by atoms with Gasteiger partial charge in [0.1, 0.15) is 5.65 Å². The highest BCUT2D eigenvalue weighted by Gasteiger charge is 2.16. The second-order valence-corrected chi connectivity index (χ2v) is 7.30. The summed E-state index contributed by atoms with van der Waals surface area (Å²) in [5.74, 6) is 0.288. The third-order valence-corrected chi connectivity index (χ3v) is 5.13. The molecule has 0 fully saturated rings. The first-order valence-corrected chi connectivity index (χ1v) is 9.69. The Balaban J connectivity index is 1.42. The first kappa shape index (κ1) is 19.6. The van der Waals surface area contributed by atoms with Crippen molar-refractivity contribution < 1.29 is 4.79 Å². The topological polar surface area (TPSA) is 110 Å². The zero-order valence-electron chi connectivity index (χ0n) is 17.1. The molecule has 0 radical (unpaired) electrons. The van der Waals surface area contributed by atoms with Gasteiger partial charge in [0.15, 0.2) is 5.82 Å². The second kappa shape index (κ2) is 7.94.